The van der Waals surface area contributed by atoms with E-state index >= 15 is 0 Å². The van der Waals surface area contributed by atoms with Gasteiger partial charge in [0.25, 0.3) is 0 Å². The largest absolute Gasteiger partial charge is 0.360 e. The molecule has 4 nitrogen and oxygen atoms in total. The maximum absolute atomic E-state index is 4.59. The van der Waals surface area contributed by atoms with Crippen molar-refractivity contribution in [2.45, 2.75) is 38.8 Å². The zero-order valence-electron chi connectivity index (χ0n) is 15.9. The average Bonchev–Trinajstić information content (AvgIpc) is 3.32. The van der Waals surface area contributed by atoms with Gasteiger partial charge < -0.3 is 9.55 Å². The summed E-state index contributed by atoms with van der Waals surface area (Å²) in [5.41, 5.74) is 6.46. The molecule has 1 aromatic carbocycles. The molecule has 4 heterocycles. The summed E-state index contributed by atoms with van der Waals surface area (Å²) in [6.07, 6.45) is 8.67. The van der Waals surface area contributed by atoms with Gasteiger partial charge in [0.2, 0.25) is 0 Å². The van der Waals surface area contributed by atoms with Gasteiger partial charge in [-0.15, -0.1) is 0 Å². The fourth-order valence-electron chi connectivity index (χ4n) is 4.57. The average molecular weight is 358 g/mol. The Morgan fingerprint density at radius 1 is 1.15 bits per heavy atom. The minimum atomic E-state index is 0.617. The van der Waals surface area contributed by atoms with Gasteiger partial charge >= 0.3 is 0 Å². The molecule has 0 spiro atoms. The van der Waals surface area contributed by atoms with Crippen molar-refractivity contribution < 1.29 is 0 Å². The van der Waals surface area contributed by atoms with E-state index in [1.54, 1.807) is 0 Å². The molecule has 138 valence electrons. The van der Waals surface area contributed by atoms with Gasteiger partial charge in [0.15, 0.2) is 0 Å². The normalized spacial score (nSPS) is 16.5. The van der Waals surface area contributed by atoms with Crippen LogP contribution in [-0.4, -0.2) is 32.5 Å². The number of hydrogen-bond acceptors (Lipinski definition) is 2. The van der Waals surface area contributed by atoms with E-state index in [1.807, 2.05) is 12.3 Å². The van der Waals surface area contributed by atoms with E-state index in [1.165, 1.54) is 34.9 Å². The number of H-pyrrole nitrogens is 1. The first-order chi connectivity index (χ1) is 13.3. The molecule has 0 bridgehead atoms. The van der Waals surface area contributed by atoms with Crippen LogP contribution >= 0.6 is 0 Å². The molecule has 4 heteroatoms. The summed E-state index contributed by atoms with van der Waals surface area (Å²) in [5, 5.41) is 1.36. The van der Waals surface area contributed by atoms with Crippen LogP contribution in [0.1, 0.15) is 36.8 Å². The van der Waals surface area contributed by atoms with E-state index in [0.717, 1.165) is 37.2 Å². The first-order valence-electron chi connectivity index (χ1n) is 10.0. The number of fused-ring (bicyclic) bond motifs is 2. The number of hydrogen-bond donors (Lipinski definition) is 1. The van der Waals surface area contributed by atoms with E-state index in [0.29, 0.717) is 5.92 Å². The van der Waals surface area contributed by atoms with Gasteiger partial charge in [0, 0.05) is 37.2 Å². The lowest BCUT2D eigenvalue weighted by molar-refractivity contribution is 0.205. The third kappa shape index (κ3) is 3.04. The van der Waals surface area contributed by atoms with Gasteiger partial charge in [-0.2, -0.15) is 0 Å². The lowest BCUT2D eigenvalue weighted by Gasteiger charge is -2.31. The molecule has 4 aromatic rings. The van der Waals surface area contributed by atoms with Crippen LogP contribution < -0.4 is 0 Å². The lowest BCUT2D eigenvalue weighted by Crippen LogP contribution is -2.32. The summed E-state index contributed by atoms with van der Waals surface area (Å²) >= 11 is 0. The van der Waals surface area contributed by atoms with E-state index in [2.05, 4.69) is 69.1 Å². The molecule has 5 rings (SSSR count). The van der Waals surface area contributed by atoms with Crippen molar-refractivity contribution >= 4 is 21.9 Å². The number of aromatic amines is 1. The fraction of sp³-hybridized carbons (Fsp3) is 0.348. The van der Waals surface area contributed by atoms with Crippen LogP contribution in [0.15, 0.2) is 55.0 Å². The highest BCUT2D eigenvalue weighted by Gasteiger charge is 2.23. The van der Waals surface area contributed by atoms with Crippen LogP contribution in [0.2, 0.25) is 0 Å². The zero-order chi connectivity index (χ0) is 18.2. The first kappa shape index (κ1) is 16.6. The van der Waals surface area contributed by atoms with E-state index < -0.39 is 0 Å². The predicted molar refractivity (Wildman–Crippen MR) is 111 cm³/mol. The van der Waals surface area contributed by atoms with Crippen molar-refractivity contribution in [2.75, 3.05) is 13.1 Å². The van der Waals surface area contributed by atoms with Gasteiger partial charge in [-0.3, -0.25) is 9.88 Å². The molecule has 0 radical (unpaired) electrons. The summed E-state index contributed by atoms with van der Waals surface area (Å²) in [7, 11) is 0. The summed E-state index contributed by atoms with van der Waals surface area (Å²) in [6, 6.07) is 13.3. The molecule has 0 aliphatic carbocycles. The van der Waals surface area contributed by atoms with E-state index in [-0.39, 0.29) is 0 Å². The molecule has 27 heavy (non-hydrogen) atoms. The molecular formula is C23H26N4. The Labute approximate surface area is 159 Å². The van der Waals surface area contributed by atoms with Crippen LogP contribution in [0, 0.1) is 0 Å². The summed E-state index contributed by atoms with van der Waals surface area (Å²) in [4.78, 5) is 10.6. The van der Waals surface area contributed by atoms with Crippen molar-refractivity contribution in [1.82, 2.24) is 19.4 Å². The smallest absolute Gasteiger partial charge is 0.0913 e. The summed E-state index contributed by atoms with van der Waals surface area (Å²) in [6.45, 7) is 6.57. The number of nitrogens with one attached hydrogen (secondary N) is 1. The molecule has 0 amide bonds. The van der Waals surface area contributed by atoms with Crippen molar-refractivity contribution in [1.29, 1.82) is 0 Å². The highest BCUT2D eigenvalue weighted by Crippen LogP contribution is 2.32. The molecule has 3 aromatic heterocycles. The molecular weight excluding hydrogens is 332 g/mol. The molecule has 0 saturated carbocycles. The van der Waals surface area contributed by atoms with Gasteiger partial charge in [-0.25, -0.2) is 0 Å². The molecule has 0 atom stereocenters. The molecule has 1 N–H and O–H groups in total. The Kier molecular flexibility index (Phi) is 4.21. The summed E-state index contributed by atoms with van der Waals surface area (Å²) in [5.74, 6) is 0.617. The Bertz CT molecular complexity index is 1070. The Morgan fingerprint density at radius 2 is 2.04 bits per heavy atom. The number of benzene rings is 1. The SMILES string of the molecule is CCn1ccc2cc(CN3CCC(c4c[nH]c5cccnc45)CC3)ccc21. The first-order valence-corrected chi connectivity index (χ1v) is 10.0. The van der Waals surface area contributed by atoms with Gasteiger partial charge in [-0.1, -0.05) is 6.07 Å². The number of aryl methyl sites for hydroxylation is 1. The topological polar surface area (TPSA) is 36.9 Å². The molecule has 1 aliphatic heterocycles. The van der Waals surface area contributed by atoms with Gasteiger partial charge in [-0.05, 0) is 85.6 Å². The maximum Gasteiger partial charge on any atom is 0.0913 e. The zero-order valence-corrected chi connectivity index (χ0v) is 15.9. The monoisotopic (exact) mass is 358 g/mol. The Morgan fingerprint density at radius 3 is 2.89 bits per heavy atom. The highest BCUT2D eigenvalue weighted by molar-refractivity contribution is 5.81. The second-order valence-corrected chi connectivity index (χ2v) is 7.69. The Hall–Kier alpha value is -2.59. The maximum atomic E-state index is 4.59. The lowest BCUT2D eigenvalue weighted by atomic mass is 9.90. The molecule has 1 fully saturated rings. The number of piperidine rings is 1. The Balaban J connectivity index is 1.27. The second kappa shape index (κ2) is 6.86. The second-order valence-electron chi connectivity index (χ2n) is 7.69. The fourth-order valence-corrected chi connectivity index (χ4v) is 4.57. The van der Waals surface area contributed by atoms with Gasteiger partial charge in [0.1, 0.15) is 0 Å². The van der Waals surface area contributed by atoms with Crippen molar-refractivity contribution in [3.63, 3.8) is 0 Å². The molecule has 1 saturated heterocycles. The third-order valence-corrected chi connectivity index (χ3v) is 6.07. The number of aromatic nitrogens is 3. The number of rotatable bonds is 4. The van der Waals surface area contributed by atoms with Crippen molar-refractivity contribution in [3.05, 3.63) is 66.1 Å². The summed E-state index contributed by atoms with van der Waals surface area (Å²) < 4.78 is 2.31. The number of pyridine rings is 1. The van der Waals surface area contributed by atoms with Crippen molar-refractivity contribution in [3.8, 4) is 0 Å². The van der Waals surface area contributed by atoms with E-state index in [9.17, 15) is 0 Å². The molecule has 1 aliphatic rings. The highest BCUT2D eigenvalue weighted by atomic mass is 15.1. The third-order valence-electron chi connectivity index (χ3n) is 6.07. The van der Waals surface area contributed by atoms with E-state index in [4.69, 9.17) is 0 Å². The van der Waals surface area contributed by atoms with Gasteiger partial charge in [0.05, 0.1) is 11.0 Å². The number of nitrogens with zero attached hydrogens (tertiary/aromatic N) is 3. The van der Waals surface area contributed by atoms with Crippen molar-refractivity contribution in [2.24, 2.45) is 0 Å². The van der Waals surface area contributed by atoms with Crippen LogP contribution in [0.25, 0.3) is 21.9 Å². The number of likely N-dealkylation sites (tertiary alicyclic amines) is 1. The van der Waals surface area contributed by atoms with Crippen LogP contribution in [0.4, 0.5) is 0 Å². The van der Waals surface area contributed by atoms with Crippen LogP contribution in [0.5, 0.6) is 0 Å². The quantitative estimate of drug-likeness (QED) is 0.562. The van der Waals surface area contributed by atoms with Crippen LogP contribution in [-0.2, 0) is 13.1 Å². The van der Waals surface area contributed by atoms with Crippen LogP contribution in [0.3, 0.4) is 0 Å². The standard InChI is InChI=1S/C23H26N4/c1-2-27-13-9-19-14-17(5-6-22(19)27)16-26-11-7-18(8-12-26)20-15-25-21-4-3-10-24-23(20)21/h3-6,9-10,13-15,18,25H,2,7-8,11-12,16H2,1H3. The molecule has 0 unspecified atom stereocenters. The minimum Gasteiger partial charge on any atom is -0.360 e. The predicted octanol–water partition coefficient (Wildman–Crippen LogP) is 4.92. The minimum absolute atomic E-state index is 0.617.